The molecule has 3 nitrogen and oxygen atoms in total. The lowest BCUT2D eigenvalue weighted by atomic mass is 10.2. The average molecular weight is 230 g/mol. The second-order valence-corrected chi connectivity index (χ2v) is 10.6. The number of rotatable bonds is 2. The number of esters is 1. The molecule has 0 unspecified atom stereocenters. The van der Waals surface area contributed by atoms with Crippen molar-refractivity contribution >= 4 is 14.3 Å². The Bertz CT molecular complexity index is 255. The molecule has 1 saturated heterocycles. The molecule has 1 fully saturated rings. The number of cyclic esters (lactones) is 1. The van der Waals surface area contributed by atoms with Gasteiger partial charge in [0, 0.05) is 0 Å². The van der Waals surface area contributed by atoms with Crippen LogP contribution in [-0.4, -0.2) is 26.5 Å². The van der Waals surface area contributed by atoms with Crippen molar-refractivity contribution in [2.75, 3.05) is 0 Å². The molecule has 4 heteroatoms. The van der Waals surface area contributed by atoms with E-state index in [4.69, 9.17) is 9.16 Å². The van der Waals surface area contributed by atoms with Gasteiger partial charge in [-0.05, 0) is 25.1 Å². The van der Waals surface area contributed by atoms with Gasteiger partial charge in [-0.25, -0.2) is 0 Å². The number of hydrogen-bond donors (Lipinski definition) is 0. The van der Waals surface area contributed by atoms with Gasteiger partial charge in [0.25, 0.3) is 0 Å². The summed E-state index contributed by atoms with van der Waals surface area (Å²) >= 11 is 0. The first kappa shape index (κ1) is 12.7. The van der Waals surface area contributed by atoms with Crippen LogP contribution in [0.3, 0.4) is 0 Å². The zero-order valence-corrected chi connectivity index (χ0v) is 11.6. The molecule has 88 valence electrons. The smallest absolute Gasteiger partial charge is 0.308 e. The normalized spacial score (nSPS) is 28.0. The highest BCUT2D eigenvalue weighted by Gasteiger charge is 2.43. The van der Waals surface area contributed by atoms with Crippen molar-refractivity contribution in [2.24, 2.45) is 0 Å². The van der Waals surface area contributed by atoms with Crippen LogP contribution in [-0.2, 0) is 14.0 Å². The first-order chi connectivity index (χ1) is 6.63. The van der Waals surface area contributed by atoms with Gasteiger partial charge in [0.15, 0.2) is 8.32 Å². The summed E-state index contributed by atoms with van der Waals surface area (Å²) in [5, 5.41) is 0.179. The highest BCUT2D eigenvalue weighted by atomic mass is 28.4. The van der Waals surface area contributed by atoms with E-state index in [1.807, 2.05) is 6.92 Å². The molecule has 0 aromatic rings. The average Bonchev–Trinajstić information content (AvgIpc) is 2.26. The molecule has 0 aromatic carbocycles. The minimum absolute atomic E-state index is 0.0432. The molecule has 0 radical (unpaired) electrons. The van der Waals surface area contributed by atoms with Crippen LogP contribution in [0.1, 0.15) is 34.1 Å². The third-order valence-electron chi connectivity index (χ3n) is 3.46. The van der Waals surface area contributed by atoms with Gasteiger partial charge < -0.3 is 9.16 Å². The molecule has 0 aliphatic carbocycles. The second kappa shape index (κ2) is 3.90. The van der Waals surface area contributed by atoms with Crippen LogP contribution in [0.2, 0.25) is 18.1 Å². The van der Waals surface area contributed by atoms with Gasteiger partial charge in [0.1, 0.15) is 6.10 Å². The van der Waals surface area contributed by atoms with E-state index in [1.54, 1.807) is 0 Å². The Kier molecular flexibility index (Phi) is 3.31. The highest BCUT2D eigenvalue weighted by molar-refractivity contribution is 6.74. The van der Waals surface area contributed by atoms with E-state index in [1.165, 1.54) is 0 Å². The molecular formula is C11H22O3Si. The van der Waals surface area contributed by atoms with Crippen molar-refractivity contribution in [3.05, 3.63) is 0 Å². The van der Waals surface area contributed by atoms with Crippen LogP contribution in [0.25, 0.3) is 0 Å². The topological polar surface area (TPSA) is 35.5 Å². The van der Waals surface area contributed by atoms with E-state index < -0.39 is 8.32 Å². The van der Waals surface area contributed by atoms with Crippen LogP contribution in [0.5, 0.6) is 0 Å². The Morgan fingerprint density at radius 3 is 2.27 bits per heavy atom. The van der Waals surface area contributed by atoms with Gasteiger partial charge in [0.2, 0.25) is 0 Å². The zero-order valence-electron chi connectivity index (χ0n) is 10.6. The minimum atomic E-state index is -1.77. The van der Waals surface area contributed by atoms with Gasteiger partial charge >= 0.3 is 5.97 Å². The minimum Gasteiger partial charge on any atom is -0.460 e. The molecule has 1 aliphatic rings. The van der Waals surface area contributed by atoms with Crippen molar-refractivity contribution in [3.8, 4) is 0 Å². The molecule has 0 saturated carbocycles. The van der Waals surface area contributed by atoms with Crippen LogP contribution >= 0.6 is 0 Å². The molecule has 0 spiro atoms. The predicted octanol–water partition coefficient (Wildman–Crippen LogP) is 2.71. The third kappa shape index (κ3) is 2.81. The third-order valence-corrected chi connectivity index (χ3v) is 7.97. The lowest BCUT2D eigenvalue weighted by molar-refractivity contribution is -0.141. The molecule has 2 atom stereocenters. The fourth-order valence-corrected chi connectivity index (χ4v) is 2.74. The fourth-order valence-electron chi connectivity index (χ4n) is 1.35. The van der Waals surface area contributed by atoms with Crippen LogP contribution < -0.4 is 0 Å². The Morgan fingerprint density at radius 1 is 1.40 bits per heavy atom. The second-order valence-electron chi connectivity index (χ2n) is 5.82. The SMILES string of the molecule is C[C@H]1OC(=O)C[C@@H]1O[Si](C)(C)C(C)(C)C. The Balaban J connectivity index is 2.66. The van der Waals surface area contributed by atoms with Gasteiger partial charge in [0.05, 0.1) is 12.5 Å². The summed E-state index contributed by atoms with van der Waals surface area (Å²) in [4.78, 5) is 11.1. The van der Waals surface area contributed by atoms with Gasteiger partial charge in [-0.15, -0.1) is 0 Å². The van der Waals surface area contributed by atoms with Crippen molar-refractivity contribution in [2.45, 2.75) is 64.5 Å². The van der Waals surface area contributed by atoms with Crippen molar-refractivity contribution in [1.29, 1.82) is 0 Å². The van der Waals surface area contributed by atoms with E-state index in [0.717, 1.165) is 0 Å². The Hall–Kier alpha value is -0.353. The number of carbonyl (C=O) groups excluding carboxylic acids is 1. The Morgan fingerprint density at radius 2 is 1.93 bits per heavy atom. The maximum absolute atomic E-state index is 11.1. The molecule has 0 N–H and O–H groups in total. The van der Waals surface area contributed by atoms with E-state index >= 15 is 0 Å². The standard InChI is InChI=1S/C11H22O3Si/c1-8-9(7-10(12)13-8)14-15(5,6)11(2,3)4/h8-9H,7H2,1-6H3/t8-,9+/m1/s1. The molecule has 0 amide bonds. The highest BCUT2D eigenvalue weighted by Crippen LogP contribution is 2.38. The zero-order chi connectivity index (χ0) is 11.9. The van der Waals surface area contributed by atoms with E-state index in [9.17, 15) is 4.79 Å². The largest absolute Gasteiger partial charge is 0.460 e. The van der Waals surface area contributed by atoms with Crippen molar-refractivity contribution in [1.82, 2.24) is 0 Å². The molecule has 15 heavy (non-hydrogen) atoms. The maximum Gasteiger partial charge on any atom is 0.308 e. The first-order valence-electron chi connectivity index (χ1n) is 5.51. The Labute approximate surface area is 93.3 Å². The van der Waals surface area contributed by atoms with Crippen molar-refractivity contribution < 1.29 is 14.0 Å². The van der Waals surface area contributed by atoms with Crippen LogP contribution in [0.4, 0.5) is 0 Å². The first-order valence-corrected chi connectivity index (χ1v) is 8.41. The fraction of sp³-hybridized carbons (Fsp3) is 0.909. The van der Waals surface area contributed by atoms with E-state index in [-0.39, 0.29) is 23.2 Å². The number of carbonyl (C=O) groups is 1. The summed E-state index contributed by atoms with van der Waals surface area (Å²) < 4.78 is 11.2. The lowest BCUT2D eigenvalue weighted by Gasteiger charge is -2.38. The summed E-state index contributed by atoms with van der Waals surface area (Å²) in [6, 6.07) is 0. The molecule has 0 aromatic heterocycles. The quantitative estimate of drug-likeness (QED) is 0.540. The van der Waals surface area contributed by atoms with Gasteiger partial charge in [-0.2, -0.15) is 0 Å². The number of hydrogen-bond acceptors (Lipinski definition) is 3. The summed E-state index contributed by atoms with van der Waals surface area (Å²) in [6.07, 6.45) is 0.276. The molecular weight excluding hydrogens is 208 g/mol. The monoisotopic (exact) mass is 230 g/mol. The van der Waals surface area contributed by atoms with Crippen LogP contribution in [0, 0.1) is 0 Å². The molecule has 1 aliphatic heterocycles. The van der Waals surface area contributed by atoms with Gasteiger partial charge in [-0.1, -0.05) is 20.8 Å². The molecule has 0 bridgehead atoms. The summed E-state index contributed by atoms with van der Waals surface area (Å²) in [5.74, 6) is -0.133. The molecule has 1 rings (SSSR count). The van der Waals surface area contributed by atoms with Gasteiger partial charge in [-0.3, -0.25) is 4.79 Å². The van der Waals surface area contributed by atoms with E-state index in [2.05, 4.69) is 33.9 Å². The maximum atomic E-state index is 11.1. The summed E-state index contributed by atoms with van der Waals surface area (Å²) in [5.41, 5.74) is 0. The lowest BCUT2D eigenvalue weighted by Crippen LogP contribution is -2.45. The van der Waals surface area contributed by atoms with Crippen LogP contribution in [0.15, 0.2) is 0 Å². The number of ether oxygens (including phenoxy) is 1. The van der Waals surface area contributed by atoms with E-state index in [0.29, 0.717) is 6.42 Å². The molecule has 1 heterocycles. The summed E-state index contributed by atoms with van der Waals surface area (Å²) in [7, 11) is -1.77. The van der Waals surface area contributed by atoms with Crippen molar-refractivity contribution in [3.63, 3.8) is 0 Å². The summed E-state index contributed by atoms with van der Waals surface area (Å²) in [6.45, 7) is 12.9. The predicted molar refractivity (Wildman–Crippen MR) is 62.2 cm³/mol.